The first-order chi connectivity index (χ1) is 15.4. The molecule has 1 atom stereocenters. The van der Waals surface area contributed by atoms with Gasteiger partial charge in [0, 0.05) is 18.1 Å². The third-order valence-electron chi connectivity index (χ3n) is 6.67. The molecule has 2 saturated heterocycles. The molecule has 4 amide bonds. The molecule has 0 radical (unpaired) electrons. The highest BCUT2D eigenvalue weighted by atomic mass is 35.5. The number of rotatable bonds is 6. The van der Waals surface area contributed by atoms with Gasteiger partial charge in [-0.1, -0.05) is 61.0 Å². The van der Waals surface area contributed by atoms with Gasteiger partial charge in [0.2, 0.25) is 5.91 Å². The third-order valence-corrected chi connectivity index (χ3v) is 6.92. The summed E-state index contributed by atoms with van der Waals surface area (Å²) >= 11 is 5.98. The van der Waals surface area contributed by atoms with Gasteiger partial charge in [-0.15, -0.1) is 0 Å². The average molecular weight is 454 g/mol. The molecule has 7 heteroatoms. The maximum atomic E-state index is 13.3. The van der Waals surface area contributed by atoms with E-state index >= 15 is 0 Å². The molecule has 1 unspecified atom stereocenters. The van der Waals surface area contributed by atoms with Gasteiger partial charge >= 0.3 is 6.03 Å². The third kappa shape index (κ3) is 4.37. The van der Waals surface area contributed by atoms with Crippen molar-refractivity contribution in [1.82, 2.24) is 15.1 Å². The number of halogens is 1. The Bertz CT molecular complexity index is 987. The van der Waals surface area contributed by atoms with Gasteiger partial charge in [-0.25, -0.2) is 4.79 Å². The minimum atomic E-state index is -1.16. The van der Waals surface area contributed by atoms with Crippen LogP contribution in [-0.2, 0) is 21.5 Å². The lowest BCUT2D eigenvalue weighted by Gasteiger charge is -2.33. The van der Waals surface area contributed by atoms with Crippen molar-refractivity contribution in [2.45, 2.75) is 38.1 Å². The lowest BCUT2D eigenvalue weighted by atomic mass is 9.87. The molecule has 2 aromatic rings. The van der Waals surface area contributed by atoms with Crippen molar-refractivity contribution in [1.29, 1.82) is 0 Å². The van der Waals surface area contributed by atoms with E-state index in [4.69, 9.17) is 11.6 Å². The Kier molecular flexibility index (Phi) is 6.51. The number of piperidine rings is 1. The van der Waals surface area contributed by atoms with Gasteiger partial charge in [-0.3, -0.25) is 14.5 Å². The fourth-order valence-corrected chi connectivity index (χ4v) is 4.84. The highest BCUT2D eigenvalue weighted by Gasteiger charge is 2.51. The second-order valence-corrected chi connectivity index (χ2v) is 9.04. The minimum Gasteiger partial charge on any atom is -0.341 e. The van der Waals surface area contributed by atoms with E-state index in [1.165, 1.54) is 5.56 Å². The highest BCUT2D eigenvalue weighted by Crippen LogP contribution is 2.33. The zero-order valence-corrected chi connectivity index (χ0v) is 19.0. The van der Waals surface area contributed by atoms with Crippen LogP contribution in [0, 0.1) is 5.92 Å². The standard InChI is InChI=1S/C25H28ClN3O3/c1-2-25(20-8-10-21(26)11-9-20)23(31)29(24(32)27-25)17-22(30)28-14-12-19(13-15-28)16-18-6-4-3-5-7-18/h3-11,19H,2,12-17H2,1H3,(H,27,32). The molecule has 0 saturated carbocycles. The summed E-state index contributed by atoms with van der Waals surface area (Å²) in [4.78, 5) is 41.7. The molecule has 2 heterocycles. The molecule has 1 N–H and O–H groups in total. The first-order valence-electron chi connectivity index (χ1n) is 11.1. The Balaban J connectivity index is 1.37. The fraction of sp³-hybridized carbons (Fsp3) is 0.400. The number of nitrogens with zero attached hydrogens (tertiary/aromatic N) is 2. The molecule has 2 aliphatic heterocycles. The van der Waals surface area contributed by atoms with Crippen LogP contribution in [0.4, 0.5) is 4.79 Å². The molecule has 0 aromatic heterocycles. The predicted molar refractivity (Wildman–Crippen MR) is 123 cm³/mol. The normalized spacial score (nSPS) is 21.7. The molecular formula is C25H28ClN3O3. The van der Waals surface area contributed by atoms with E-state index in [0.29, 0.717) is 36.0 Å². The van der Waals surface area contributed by atoms with Gasteiger partial charge in [0.05, 0.1) is 0 Å². The van der Waals surface area contributed by atoms with Gasteiger partial charge in [0.1, 0.15) is 12.1 Å². The summed E-state index contributed by atoms with van der Waals surface area (Å²) in [6.07, 6.45) is 3.24. The van der Waals surface area contributed by atoms with Crippen LogP contribution >= 0.6 is 11.6 Å². The molecule has 0 bridgehead atoms. The maximum absolute atomic E-state index is 13.3. The van der Waals surface area contributed by atoms with Crippen LogP contribution in [0.15, 0.2) is 54.6 Å². The molecule has 2 aromatic carbocycles. The second kappa shape index (κ2) is 9.33. The van der Waals surface area contributed by atoms with E-state index in [9.17, 15) is 14.4 Å². The molecule has 32 heavy (non-hydrogen) atoms. The first kappa shape index (κ1) is 22.3. The molecular weight excluding hydrogens is 426 g/mol. The zero-order valence-electron chi connectivity index (χ0n) is 18.2. The van der Waals surface area contributed by atoms with E-state index in [-0.39, 0.29) is 18.4 Å². The van der Waals surface area contributed by atoms with Gasteiger partial charge in [-0.2, -0.15) is 0 Å². The van der Waals surface area contributed by atoms with E-state index in [1.807, 2.05) is 25.1 Å². The molecule has 0 spiro atoms. The largest absolute Gasteiger partial charge is 0.341 e. The maximum Gasteiger partial charge on any atom is 0.325 e. The van der Waals surface area contributed by atoms with Gasteiger partial charge in [-0.05, 0) is 54.9 Å². The molecule has 2 fully saturated rings. The van der Waals surface area contributed by atoms with Crippen LogP contribution in [0.25, 0.3) is 0 Å². The van der Waals surface area contributed by atoms with Gasteiger partial charge in [0.15, 0.2) is 0 Å². The number of likely N-dealkylation sites (tertiary alicyclic amines) is 1. The summed E-state index contributed by atoms with van der Waals surface area (Å²) < 4.78 is 0. The number of hydrogen-bond donors (Lipinski definition) is 1. The molecule has 168 valence electrons. The number of hydrogen-bond acceptors (Lipinski definition) is 3. The van der Waals surface area contributed by atoms with Gasteiger partial charge < -0.3 is 10.2 Å². The lowest BCUT2D eigenvalue weighted by molar-refractivity contribution is -0.140. The smallest absolute Gasteiger partial charge is 0.325 e. The van der Waals surface area contributed by atoms with Crippen molar-refractivity contribution in [3.63, 3.8) is 0 Å². The van der Waals surface area contributed by atoms with E-state index in [0.717, 1.165) is 24.2 Å². The number of carbonyl (C=O) groups is 3. The van der Waals surface area contributed by atoms with E-state index in [1.54, 1.807) is 29.2 Å². The fourth-order valence-electron chi connectivity index (χ4n) is 4.71. The Morgan fingerprint density at radius 3 is 2.34 bits per heavy atom. The Morgan fingerprint density at radius 2 is 1.72 bits per heavy atom. The minimum absolute atomic E-state index is 0.185. The van der Waals surface area contributed by atoms with E-state index in [2.05, 4.69) is 17.4 Å². The second-order valence-electron chi connectivity index (χ2n) is 8.60. The number of benzene rings is 2. The molecule has 6 nitrogen and oxygen atoms in total. The van der Waals surface area contributed by atoms with Crippen LogP contribution in [0.1, 0.15) is 37.3 Å². The van der Waals surface area contributed by atoms with Crippen LogP contribution in [0.5, 0.6) is 0 Å². The first-order valence-corrected chi connectivity index (χ1v) is 11.5. The zero-order chi connectivity index (χ0) is 22.7. The summed E-state index contributed by atoms with van der Waals surface area (Å²) in [5.74, 6) is -0.0369. The quantitative estimate of drug-likeness (QED) is 0.672. The summed E-state index contributed by atoms with van der Waals surface area (Å²) in [7, 11) is 0. The van der Waals surface area contributed by atoms with Crippen molar-refractivity contribution >= 4 is 29.4 Å². The van der Waals surface area contributed by atoms with Crippen molar-refractivity contribution in [2.24, 2.45) is 5.92 Å². The van der Waals surface area contributed by atoms with E-state index < -0.39 is 11.6 Å². The topological polar surface area (TPSA) is 69.7 Å². The van der Waals surface area contributed by atoms with Crippen LogP contribution in [-0.4, -0.2) is 47.3 Å². The summed E-state index contributed by atoms with van der Waals surface area (Å²) in [6.45, 7) is 2.91. The monoisotopic (exact) mass is 453 g/mol. The molecule has 2 aliphatic rings. The Morgan fingerprint density at radius 1 is 1.06 bits per heavy atom. The Hall–Kier alpha value is -2.86. The van der Waals surface area contributed by atoms with Crippen LogP contribution < -0.4 is 5.32 Å². The summed E-state index contributed by atoms with van der Waals surface area (Å²) in [6, 6.07) is 16.7. The SMILES string of the molecule is CCC1(c2ccc(Cl)cc2)NC(=O)N(CC(=O)N2CCC(Cc3ccccc3)CC2)C1=O. The summed E-state index contributed by atoms with van der Waals surface area (Å²) in [5, 5.41) is 3.37. The predicted octanol–water partition coefficient (Wildman–Crippen LogP) is 3.98. The average Bonchev–Trinajstić information content (AvgIpc) is 3.06. The number of imide groups is 1. The number of carbonyl (C=O) groups excluding carboxylic acids is 3. The van der Waals surface area contributed by atoms with Gasteiger partial charge in [0.25, 0.3) is 5.91 Å². The van der Waals surface area contributed by atoms with Crippen molar-refractivity contribution in [3.8, 4) is 0 Å². The highest BCUT2D eigenvalue weighted by molar-refractivity contribution is 6.30. The van der Waals surface area contributed by atoms with Crippen molar-refractivity contribution in [3.05, 3.63) is 70.7 Å². The lowest BCUT2D eigenvalue weighted by Crippen LogP contribution is -2.47. The van der Waals surface area contributed by atoms with Crippen molar-refractivity contribution < 1.29 is 14.4 Å². The number of nitrogens with one attached hydrogen (secondary N) is 1. The van der Waals surface area contributed by atoms with Crippen LogP contribution in [0.3, 0.4) is 0 Å². The number of amides is 4. The summed E-state index contributed by atoms with van der Waals surface area (Å²) in [5.41, 5.74) is 0.819. The molecule has 0 aliphatic carbocycles. The van der Waals surface area contributed by atoms with Crippen LogP contribution in [0.2, 0.25) is 5.02 Å². The molecule has 4 rings (SSSR count). The Labute approximate surface area is 193 Å². The van der Waals surface area contributed by atoms with Crippen molar-refractivity contribution in [2.75, 3.05) is 19.6 Å². The number of urea groups is 1.